The van der Waals surface area contributed by atoms with Crippen LogP contribution in [0.2, 0.25) is 10.0 Å². The summed E-state index contributed by atoms with van der Waals surface area (Å²) in [6.45, 7) is 2.68. The number of furan rings is 1. The van der Waals surface area contributed by atoms with Crippen molar-refractivity contribution in [3.63, 3.8) is 0 Å². The molecule has 7 nitrogen and oxygen atoms in total. The van der Waals surface area contributed by atoms with Gasteiger partial charge in [0.2, 0.25) is 17.4 Å². The van der Waals surface area contributed by atoms with Gasteiger partial charge < -0.3 is 20.2 Å². The number of Topliss-reactive ketones (excluding diaryl/α,β-unsaturated/α-hetero) is 1. The molecule has 4 rings (SSSR count). The Balaban J connectivity index is 2.10. The molecule has 1 amide bonds. The first kappa shape index (κ1) is 25.9. The van der Waals surface area contributed by atoms with E-state index >= 15 is 0 Å². The highest BCUT2D eigenvalue weighted by molar-refractivity contribution is 6.33. The molecule has 0 saturated carbocycles. The zero-order valence-electron chi connectivity index (χ0n) is 20.2. The molecule has 4 aromatic rings. The topological polar surface area (TPSA) is 110 Å². The molecule has 0 saturated heterocycles. The highest BCUT2D eigenvalue weighted by Crippen LogP contribution is 2.40. The lowest BCUT2D eigenvalue weighted by atomic mass is 9.93. The first-order chi connectivity index (χ1) is 16.9. The second-order valence-corrected chi connectivity index (χ2v) is 10.0. The Morgan fingerprint density at radius 3 is 2.28 bits per heavy atom. The Morgan fingerprint density at radius 2 is 1.69 bits per heavy atom. The van der Waals surface area contributed by atoms with Gasteiger partial charge in [-0.2, -0.15) is 0 Å². The SMILES string of the molecule is CN(C)C(=O)C(N)c1c(C(=O)C(C)(C)O)oc2nc(-c3ccccc3Cl)c(-c3ccc(Cl)cc3)cc12. The summed E-state index contributed by atoms with van der Waals surface area (Å²) < 4.78 is 5.91. The van der Waals surface area contributed by atoms with Gasteiger partial charge in [0.15, 0.2) is 5.76 Å². The van der Waals surface area contributed by atoms with Crippen molar-refractivity contribution in [2.24, 2.45) is 5.73 Å². The largest absolute Gasteiger partial charge is 0.434 e. The summed E-state index contributed by atoms with van der Waals surface area (Å²) in [7, 11) is 3.13. The van der Waals surface area contributed by atoms with Gasteiger partial charge in [-0.25, -0.2) is 4.98 Å². The van der Waals surface area contributed by atoms with Crippen LogP contribution in [0.1, 0.15) is 36.0 Å². The number of rotatable bonds is 6. The van der Waals surface area contributed by atoms with Crippen molar-refractivity contribution in [2.75, 3.05) is 14.1 Å². The van der Waals surface area contributed by atoms with Gasteiger partial charge >= 0.3 is 0 Å². The van der Waals surface area contributed by atoms with Gasteiger partial charge in [-0.15, -0.1) is 0 Å². The summed E-state index contributed by atoms with van der Waals surface area (Å²) in [5.74, 6) is -1.37. The number of hydrogen-bond donors (Lipinski definition) is 2. The molecule has 1 unspecified atom stereocenters. The van der Waals surface area contributed by atoms with Crippen LogP contribution in [0.25, 0.3) is 33.5 Å². The number of carbonyl (C=O) groups is 2. The first-order valence-electron chi connectivity index (χ1n) is 11.1. The number of fused-ring (bicyclic) bond motifs is 1. The van der Waals surface area contributed by atoms with Gasteiger partial charge in [-0.05, 0) is 43.7 Å². The van der Waals surface area contributed by atoms with Gasteiger partial charge in [0.1, 0.15) is 11.6 Å². The number of amides is 1. The Bertz CT molecular complexity index is 1470. The van der Waals surface area contributed by atoms with Gasteiger partial charge in [0.25, 0.3) is 0 Å². The van der Waals surface area contributed by atoms with Crippen molar-refractivity contribution >= 4 is 46.0 Å². The highest BCUT2D eigenvalue weighted by Gasteiger charge is 2.36. The lowest BCUT2D eigenvalue weighted by molar-refractivity contribution is -0.130. The van der Waals surface area contributed by atoms with Crippen LogP contribution >= 0.6 is 23.2 Å². The van der Waals surface area contributed by atoms with Gasteiger partial charge in [-0.3, -0.25) is 9.59 Å². The van der Waals surface area contributed by atoms with Crippen LogP contribution in [0.5, 0.6) is 0 Å². The molecule has 0 aliphatic rings. The van der Waals surface area contributed by atoms with Crippen LogP contribution in [-0.2, 0) is 4.79 Å². The van der Waals surface area contributed by atoms with E-state index in [2.05, 4.69) is 0 Å². The maximum Gasteiger partial charge on any atom is 0.243 e. The summed E-state index contributed by atoms with van der Waals surface area (Å²) in [6, 6.07) is 14.9. The van der Waals surface area contributed by atoms with Crippen LogP contribution in [0, 0.1) is 0 Å². The third-order valence-electron chi connectivity index (χ3n) is 5.79. The molecule has 186 valence electrons. The number of ketones is 1. The van der Waals surface area contributed by atoms with Crippen LogP contribution < -0.4 is 5.73 Å². The van der Waals surface area contributed by atoms with Gasteiger partial charge in [-0.1, -0.05) is 53.5 Å². The molecule has 9 heteroatoms. The first-order valence-corrected chi connectivity index (χ1v) is 11.9. The molecular weight excluding hydrogens is 501 g/mol. The fraction of sp³-hybridized carbons (Fsp3) is 0.222. The quantitative estimate of drug-likeness (QED) is 0.321. The summed E-state index contributed by atoms with van der Waals surface area (Å²) in [6.07, 6.45) is 0. The van der Waals surface area contributed by atoms with E-state index in [4.69, 9.17) is 38.3 Å². The van der Waals surface area contributed by atoms with Crippen molar-refractivity contribution < 1.29 is 19.1 Å². The number of aliphatic hydroxyl groups is 1. The highest BCUT2D eigenvalue weighted by atomic mass is 35.5. The van der Waals surface area contributed by atoms with Gasteiger partial charge in [0.05, 0.1) is 5.69 Å². The fourth-order valence-electron chi connectivity index (χ4n) is 3.91. The van der Waals surface area contributed by atoms with E-state index in [9.17, 15) is 14.7 Å². The fourth-order valence-corrected chi connectivity index (χ4v) is 4.26. The molecule has 0 aliphatic carbocycles. The minimum Gasteiger partial charge on any atom is -0.434 e. The average molecular weight is 526 g/mol. The molecule has 2 heterocycles. The molecule has 0 fully saturated rings. The van der Waals surface area contributed by atoms with E-state index in [1.165, 1.54) is 18.7 Å². The number of nitrogens with zero attached hydrogens (tertiary/aromatic N) is 2. The molecule has 0 bridgehead atoms. The molecule has 2 aromatic carbocycles. The van der Waals surface area contributed by atoms with E-state index < -0.39 is 23.3 Å². The van der Waals surface area contributed by atoms with E-state index in [1.807, 2.05) is 30.3 Å². The standard InChI is InChI=1S/C27H25Cl2N3O4/c1-27(2,35)24(33)23-20(21(30)26(34)32(3)4)18-13-17(14-9-11-15(28)12-10-14)22(31-25(18)36-23)16-7-5-6-8-19(16)29/h5-13,21,35H,30H2,1-4H3. The molecule has 1 atom stereocenters. The number of pyridine rings is 1. The number of likely N-dealkylation sites (N-methyl/N-ethyl adjacent to an activating group) is 1. The van der Waals surface area contributed by atoms with E-state index in [1.54, 1.807) is 38.4 Å². The predicted molar refractivity (Wildman–Crippen MR) is 141 cm³/mol. The smallest absolute Gasteiger partial charge is 0.243 e. The maximum atomic E-state index is 13.2. The molecular formula is C27H25Cl2N3O4. The third kappa shape index (κ3) is 4.75. The monoisotopic (exact) mass is 525 g/mol. The van der Waals surface area contributed by atoms with E-state index in [-0.39, 0.29) is 17.0 Å². The van der Waals surface area contributed by atoms with Crippen LogP contribution in [0.3, 0.4) is 0 Å². The normalized spacial score (nSPS) is 12.6. The zero-order chi connectivity index (χ0) is 26.4. The molecule has 0 aliphatic heterocycles. The molecule has 3 N–H and O–H groups in total. The molecule has 2 aromatic heterocycles. The number of aromatic nitrogens is 1. The number of hydrogen-bond acceptors (Lipinski definition) is 6. The summed E-state index contributed by atoms with van der Waals surface area (Å²) in [5.41, 5.74) is 7.44. The lowest BCUT2D eigenvalue weighted by Crippen LogP contribution is -2.36. The third-order valence-corrected chi connectivity index (χ3v) is 6.37. The Hall–Kier alpha value is -3.23. The number of nitrogens with two attached hydrogens (primary N) is 1. The number of benzene rings is 2. The van der Waals surface area contributed by atoms with Crippen LogP contribution in [0.4, 0.5) is 0 Å². The Morgan fingerprint density at radius 1 is 1.06 bits per heavy atom. The van der Waals surface area contributed by atoms with E-state index in [0.29, 0.717) is 32.3 Å². The maximum absolute atomic E-state index is 13.2. The van der Waals surface area contributed by atoms with Crippen molar-refractivity contribution in [1.82, 2.24) is 9.88 Å². The van der Waals surface area contributed by atoms with E-state index in [0.717, 1.165) is 5.56 Å². The van der Waals surface area contributed by atoms with Crippen LogP contribution in [-0.4, -0.2) is 46.4 Å². The van der Waals surface area contributed by atoms with Gasteiger partial charge in [0, 0.05) is 46.2 Å². The molecule has 36 heavy (non-hydrogen) atoms. The Labute approximate surface area is 218 Å². The number of carbonyl (C=O) groups excluding carboxylic acids is 2. The Kier molecular flexibility index (Phi) is 6.94. The summed E-state index contributed by atoms with van der Waals surface area (Å²) in [5, 5.41) is 11.9. The number of halogens is 2. The van der Waals surface area contributed by atoms with Crippen molar-refractivity contribution in [2.45, 2.75) is 25.5 Å². The zero-order valence-corrected chi connectivity index (χ0v) is 21.7. The molecule has 0 radical (unpaired) electrons. The van der Waals surface area contributed by atoms with Crippen molar-refractivity contribution in [3.05, 3.63) is 76.0 Å². The minimum absolute atomic E-state index is 0.0900. The summed E-state index contributed by atoms with van der Waals surface area (Å²) in [4.78, 5) is 32.1. The second kappa shape index (κ2) is 9.67. The molecule has 0 spiro atoms. The minimum atomic E-state index is -1.77. The van der Waals surface area contributed by atoms with Crippen LogP contribution in [0.15, 0.2) is 59.0 Å². The average Bonchev–Trinajstić information content (AvgIpc) is 3.20. The summed E-state index contributed by atoms with van der Waals surface area (Å²) >= 11 is 12.6. The van der Waals surface area contributed by atoms with Crippen molar-refractivity contribution in [3.8, 4) is 22.4 Å². The van der Waals surface area contributed by atoms with Crippen molar-refractivity contribution in [1.29, 1.82) is 0 Å². The second-order valence-electron chi connectivity index (χ2n) is 9.17. The predicted octanol–water partition coefficient (Wildman–Crippen LogP) is 5.51. The lowest BCUT2D eigenvalue weighted by Gasteiger charge is -2.19.